The third kappa shape index (κ3) is 9.69. The first-order valence-electron chi connectivity index (χ1n) is 18.6. The molecule has 64 heavy (non-hydrogen) atoms. The van der Waals surface area contributed by atoms with Crippen molar-refractivity contribution < 1.29 is 59.2 Å². The molecular formula is C43H30BrCl4F8N3O5. The van der Waals surface area contributed by atoms with Gasteiger partial charge in [-0.1, -0.05) is 92.2 Å². The Balaban J connectivity index is 0.000000214. The Bertz CT molecular complexity index is 2610. The number of benzene rings is 4. The number of nitrogens with zero attached hydrogens (tertiary/aromatic N) is 3. The lowest BCUT2D eigenvalue weighted by molar-refractivity contribution is -0.276. The van der Waals surface area contributed by atoms with E-state index in [2.05, 4.69) is 38.0 Å². The summed E-state index contributed by atoms with van der Waals surface area (Å²) in [5.41, 5.74) is -3.94. The molecule has 0 N–H and O–H groups in total. The average Bonchev–Trinajstić information content (AvgIpc) is 3.98. The minimum absolute atomic E-state index is 0.00690. The Morgan fingerprint density at radius 3 is 1.47 bits per heavy atom. The van der Waals surface area contributed by atoms with Crippen LogP contribution in [0.3, 0.4) is 0 Å². The largest absolute Gasteiger partial charge is 0.435 e. The molecule has 0 fully saturated rings. The van der Waals surface area contributed by atoms with Gasteiger partial charge in [0.05, 0.1) is 37.9 Å². The van der Waals surface area contributed by atoms with Gasteiger partial charge in [0.1, 0.15) is 10.7 Å². The second-order valence-corrected chi connectivity index (χ2v) is 17.3. The molecule has 0 spiro atoms. The van der Waals surface area contributed by atoms with Crippen molar-refractivity contribution in [1.29, 1.82) is 0 Å². The molecule has 8 nitrogen and oxygen atoms in total. The van der Waals surface area contributed by atoms with Crippen LogP contribution in [0.4, 0.5) is 35.1 Å². The number of alkyl halides is 6. The number of rotatable bonds is 10. The van der Waals surface area contributed by atoms with Crippen LogP contribution in [0.1, 0.15) is 86.2 Å². The zero-order chi connectivity index (χ0) is 47.1. The van der Waals surface area contributed by atoms with Gasteiger partial charge in [-0.3, -0.25) is 9.59 Å². The van der Waals surface area contributed by atoms with E-state index in [4.69, 9.17) is 60.9 Å². The van der Waals surface area contributed by atoms with Crippen molar-refractivity contribution in [2.75, 3.05) is 0 Å². The summed E-state index contributed by atoms with van der Waals surface area (Å²) in [5.74, 6) is -2.38. The number of hydrogen-bond donors (Lipinski definition) is 0. The zero-order valence-corrected chi connectivity index (χ0v) is 37.6. The monoisotopic (exact) mass is 1040 g/mol. The minimum Gasteiger partial charge on any atom is -0.391 e. The van der Waals surface area contributed by atoms with Gasteiger partial charge < -0.3 is 14.5 Å². The highest BCUT2D eigenvalue weighted by Gasteiger charge is 2.63. The number of allylic oxidation sites excluding steroid dienone is 1. The molecule has 21 heteroatoms. The number of hydrogen-bond acceptors (Lipinski definition) is 8. The maximum Gasteiger partial charge on any atom is 0.435 e. The lowest BCUT2D eigenvalue weighted by atomic mass is 9.86. The summed E-state index contributed by atoms with van der Waals surface area (Å²) in [6, 6.07) is 12.5. The van der Waals surface area contributed by atoms with E-state index < -0.39 is 79.2 Å². The van der Waals surface area contributed by atoms with Crippen LogP contribution in [0.5, 0.6) is 0 Å². The maximum atomic E-state index is 14.2. The average molecular weight is 1040 g/mol. The number of carbonyl (C=O) groups excluding carboxylic acids is 2. The molecule has 0 saturated heterocycles. The Labute approximate surface area is 387 Å². The Morgan fingerprint density at radius 2 is 1.12 bits per heavy atom. The summed E-state index contributed by atoms with van der Waals surface area (Å²) in [6.45, 7) is 6.86. The van der Waals surface area contributed by atoms with Crippen LogP contribution < -0.4 is 0 Å². The van der Waals surface area contributed by atoms with E-state index in [1.807, 2.05) is 0 Å². The number of ketones is 2. The number of carbonyl (C=O) groups is 2. The molecule has 3 aliphatic heterocycles. The van der Waals surface area contributed by atoms with Gasteiger partial charge in [-0.25, -0.2) is 8.78 Å². The van der Waals surface area contributed by atoms with Gasteiger partial charge in [0.15, 0.2) is 23.2 Å². The lowest BCUT2D eigenvalue weighted by Crippen LogP contribution is -2.42. The summed E-state index contributed by atoms with van der Waals surface area (Å²) in [5, 5.41) is 8.84. The molecule has 0 aromatic heterocycles. The zero-order valence-electron chi connectivity index (χ0n) is 33.0. The Morgan fingerprint density at radius 1 is 0.719 bits per heavy atom. The van der Waals surface area contributed by atoms with Crippen molar-refractivity contribution >= 4 is 89.9 Å². The molecule has 0 saturated carbocycles. The fourth-order valence-electron chi connectivity index (χ4n) is 7.07. The number of aryl methyl sites for hydroxylation is 2. The molecule has 0 radical (unpaired) electrons. The van der Waals surface area contributed by atoms with Gasteiger partial charge >= 0.3 is 12.4 Å². The van der Waals surface area contributed by atoms with E-state index in [1.165, 1.54) is 30.3 Å². The van der Waals surface area contributed by atoms with E-state index in [0.717, 1.165) is 24.3 Å². The normalized spacial score (nSPS) is 20.5. The van der Waals surface area contributed by atoms with Crippen LogP contribution in [0.2, 0.25) is 20.1 Å². The van der Waals surface area contributed by atoms with E-state index in [0.29, 0.717) is 44.4 Å². The van der Waals surface area contributed by atoms with E-state index >= 15 is 0 Å². The molecule has 4 aromatic rings. The smallest absolute Gasteiger partial charge is 0.391 e. The molecular weight excluding hydrogens is 1010 g/mol. The summed E-state index contributed by atoms with van der Waals surface area (Å²) in [6.07, 6.45) is -9.34. The van der Waals surface area contributed by atoms with Crippen LogP contribution in [-0.2, 0) is 25.7 Å². The Hall–Kier alpha value is -4.55. The number of halogens is 13. The first-order chi connectivity index (χ1) is 29.9. The molecule has 0 aliphatic carbocycles. The topological polar surface area (TPSA) is 98.9 Å². The molecule has 0 amide bonds. The fourth-order valence-corrected chi connectivity index (χ4v) is 8.49. The van der Waals surface area contributed by atoms with Gasteiger partial charge in [-0.2, -0.15) is 26.3 Å². The van der Waals surface area contributed by atoms with E-state index in [9.17, 15) is 44.7 Å². The molecule has 3 atom stereocenters. The SMILES string of the molecule is C=CCC(=O)c1ccc(C2=NO[C@@](c3cc(Cl)c(F)c(Cl)c3)(C(F)(F)F)C2)cc1C.Cc1cc(C2=NO[C@@](c3cc(Cl)c(F)c(Cl)c3)(C(F)(F)F)C2)ccc1C(=O)CC1CC(Br)=NO1. The van der Waals surface area contributed by atoms with Crippen molar-refractivity contribution in [3.05, 3.63) is 150 Å². The van der Waals surface area contributed by atoms with Crippen molar-refractivity contribution in [1.82, 2.24) is 0 Å². The van der Waals surface area contributed by atoms with Crippen molar-refractivity contribution in [2.24, 2.45) is 15.5 Å². The van der Waals surface area contributed by atoms with Gasteiger partial charge in [0.2, 0.25) is 0 Å². The fraction of sp³-hybridized carbons (Fsp3) is 0.279. The van der Waals surface area contributed by atoms with Crippen molar-refractivity contribution in [2.45, 2.75) is 75.6 Å². The first-order valence-corrected chi connectivity index (χ1v) is 20.9. The summed E-state index contributed by atoms with van der Waals surface area (Å²) in [7, 11) is 0. The highest BCUT2D eigenvalue weighted by molar-refractivity contribution is 9.18. The predicted octanol–water partition coefficient (Wildman–Crippen LogP) is 13.9. The third-order valence-corrected chi connectivity index (χ3v) is 12.0. The Kier molecular flexibility index (Phi) is 14.3. The highest BCUT2D eigenvalue weighted by atomic mass is 79.9. The van der Waals surface area contributed by atoms with E-state index in [1.54, 1.807) is 26.0 Å². The molecule has 4 aromatic carbocycles. The van der Waals surface area contributed by atoms with Gasteiger partial charge in [0, 0.05) is 47.9 Å². The van der Waals surface area contributed by atoms with E-state index in [-0.39, 0.29) is 41.9 Å². The van der Waals surface area contributed by atoms with Crippen molar-refractivity contribution in [3.8, 4) is 0 Å². The number of oxime groups is 3. The molecule has 3 heterocycles. The second kappa shape index (κ2) is 18.7. The van der Waals surface area contributed by atoms with Crippen LogP contribution in [0, 0.1) is 25.5 Å². The summed E-state index contributed by atoms with van der Waals surface area (Å²) >= 11 is 26.1. The lowest BCUT2D eigenvalue weighted by Gasteiger charge is -2.29. The van der Waals surface area contributed by atoms with Gasteiger partial charge in [-0.05, 0) is 88.4 Å². The molecule has 1 unspecified atom stereocenters. The van der Waals surface area contributed by atoms with Crippen LogP contribution in [0.15, 0.2) is 88.8 Å². The third-order valence-electron chi connectivity index (χ3n) is 10.4. The minimum atomic E-state index is -4.91. The van der Waals surface area contributed by atoms with Gasteiger partial charge in [-0.15, -0.1) is 6.58 Å². The van der Waals surface area contributed by atoms with Crippen LogP contribution in [-0.4, -0.2) is 46.1 Å². The van der Waals surface area contributed by atoms with Crippen LogP contribution >= 0.6 is 62.3 Å². The van der Waals surface area contributed by atoms with Gasteiger partial charge in [0.25, 0.3) is 11.2 Å². The molecule has 7 rings (SSSR count). The first kappa shape index (κ1) is 48.9. The highest BCUT2D eigenvalue weighted by Crippen LogP contribution is 2.51. The molecule has 3 aliphatic rings. The standard InChI is InChI=1S/C22H15BrCl2F4N2O3.C21H15Cl2F4NO2/c1-10-4-11(2-3-14(10)18(32)7-13-8-19(23)31-33-13)17-9-21(34-30-17,22(27,28)29)12-5-15(24)20(26)16(25)6-12;1-3-4-18(29)14-6-5-12(7-11(14)2)17-10-20(30-28-17,21(25,26)27)13-8-15(22)19(24)16(23)9-13/h2-6,13H,7-9H2,1H3;3,5-9H,1,4,10H2,2H3/t13?,21-;20-/m00/s1. The second-order valence-electron chi connectivity index (χ2n) is 14.8. The summed E-state index contributed by atoms with van der Waals surface area (Å²) in [4.78, 5) is 39.8. The quantitative estimate of drug-likeness (QED) is 0.0682. The predicted molar refractivity (Wildman–Crippen MR) is 229 cm³/mol. The molecule has 338 valence electrons. The number of Topliss-reactive ketones (excluding diaryl/α,β-unsaturated/α-hetero) is 2. The molecule has 0 bridgehead atoms. The maximum absolute atomic E-state index is 14.2. The van der Waals surface area contributed by atoms with Crippen LogP contribution in [0.25, 0.3) is 0 Å². The summed E-state index contributed by atoms with van der Waals surface area (Å²) < 4.78 is 113. The van der Waals surface area contributed by atoms with Crippen molar-refractivity contribution in [3.63, 3.8) is 0 Å².